The van der Waals surface area contributed by atoms with E-state index < -0.39 is 0 Å². The van der Waals surface area contributed by atoms with Gasteiger partial charge in [-0.15, -0.1) is 6.58 Å². The summed E-state index contributed by atoms with van der Waals surface area (Å²) in [5, 5.41) is 0. The van der Waals surface area contributed by atoms with Crippen molar-refractivity contribution >= 4 is 0 Å². The highest BCUT2D eigenvalue weighted by molar-refractivity contribution is 4.65. The molecular weight excluding hydrogens is 102 g/mol. The van der Waals surface area contributed by atoms with E-state index in [1.54, 1.807) is 6.08 Å². The van der Waals surface area contributed by atoms with Crippen LogP contribution in [0.25, 0.3) is 0 Å². The van der Waals surface area contributed by atoms with Gasteiger partial charge in [0.2, 0.25) is 0 Å². The summed E-state index contributed by atoms with van der Waals surface area (Å²) in [4.78, 5) is 0. The van der Waals surface area contributed by atoms with E-state index in [4.69, 9.17) is 10.5 Å². The summed E-state index contributed by atoms with van der Waals surface area (Å²) in [5.74, 6) is 0. The Hall–Kier alpha value is -0.340. The summed E-state index contributed by atoms with van der Waals surface area (Å²) in [6.45, 7) is 6.61. The SMILES string of the molecule is C=CCO[C@H](C)CN. The molecular formula is C6H13NO. The van der Waals surface area contributed by atoms with Crippen LogP contribution in [0.4, 0.5) is 0 Å². The average Bonchev–Trinajstić information content (AvgIpc) is 1.83. The van der Waals surface area contributed by atoms with Crippen LogP contribution in [-0.2, 0) is 4.74 Å². The number of nitrogens with two attached hydrogens (primary N) is 1. The van der Waals surface area contributed by atoms with Crippen molar-refractivity contribution in [2.45, 2.75) is 13.0 Å². The molecule has 0 aromatic rings. The molecule has 0 aliphatic carbocycles. The topological polar surface area (TPSA) is 35.2 Å². The monoisotopic (exact) mass is 115 g/mol. The molecule has 48 valence electrons. The van der Waals surface area contributed by atoms with Crippen LogP contribution in [0.15, 0.2) is 12.7 Å². The Kier molecular flexibility index (Phi) is 4.61. The number of hydrogen-bond acceptors (Lipinski definition) is 2. The lowest BCUT2D eigenvalue weighted by Crippen LogP contribution is -2.19. The lowest BCUT2D eigenvalue weighted by molar-refractivity contribution is 0.0949. The van der Waals surface area contributed by atoms with Gasteiger partial charge in [-0.05, 0) is 6.92 Å². The van der Waals surface area contributed by atoms with Crippen LogP contribution in [0.1, 0.15) is 6.92 Å². The summed E-state index contributed by atoms with van der Waals surface area (Å²) in [5.41, 5.74) is 5.25. The molecule has 0 heterocycles. The molecule has 0 spiro atoms. The average molecular weight is 115 g/mol. The summed E-state index contributed by atoms with van der Waals surface area (Å²) < 4.78 is 5.10. The van der Waals surface area contributed by atoms with Gasteiger partial charge in [0.05, 0.1) is 12.7 Å². The molecule has 8 heavy (non-hydrogen) atoms. The third-order valence-electron chi connectivity index (χ3n) is 0.831. The first kappa shape index (κ1) is 7.66. The molecule has 0 radical (unpaired) electrons. The van der Waals surface area contributed by atoms with Crippen LogP contribution in [0.3, 0.4) is 0 Å². The second-order valence-electron chi connectivity index (χ2n) is 1.67. The highest BCUT2D eigenvalue weighted by Gasteiger charge is 1.93. The van der Waals surface area contributed by atoms with Crippen molar-refractivity contribution in [1.29, 1.82) is 0 Å². The van der Waals surface area contributed by atoms with E-state index >= 15 is 0 Å². The Bertz CT molecular complexity index is 63.5. The first-order valence-corrected chi connectivity index (χ1v) is 2.73. The number of hydrogen-bond donors (Lipinski definition) is 1. The Balaban J connectivity index is 2.97. The highest BCUT2D eigenvalue weighted by atomic mass is 16.5. The van der Waals surface area contributed by atoms with Crippen molar-refractivity contribution in [1.82, 2.24) is 0 Å². The summed E-state index contributed by atoms with van der Waals surface area (Å²) in [6.07, 6.45) is 1.87. The van der Waals surface area contributed by atoms with E-state index in [2.05, 4.69) is 6.58 Å². The number of ether oxygens (including phenoxy) is 1. The summed E-state index contributed by atoms with van der Waals surface area (Å²) in [6, 6.07) is 0. The van der Waals surface area contributed by atoms with Crippen molar-refractivity contribution in [3.63, 3.8) is 0 Å². The van der Waals surface area contributed by atoms with E-state index in [1.807, 2.05) is 6.92 Å². The molecule has 0 aromatic heterocycles. The van der Waals surface area contributed by atoms with Gasteiger partial charge in [-0.1, -0.05) is 6.08 Å². The van der Waals surface area contributed by atoms with Gasteiger partial charge < -0.3 is 10.5 Å². The molecule has 0 fully saturated rings. The Morgan fingerprint density at radius 1 is 1.88 bits per heavy atom. The first-order valence-electron chi connectivity index (χ1n) is 2.73. The van der Waals surface area contributed by atoms with Crippen LogP contribution in [-0.4, -0.2) is 19.3 Å². The molecule has 0 unspecified atom stereocenters. The van der Waals surface area contributed by atoms with E-state index in [0.29, 0.717) is 13.2 Å². The van der Waals surface area contributed by atoms with Crippen LogP contribution >= 0.6 is 0 Å². The minimum absolute atomic E-state index is 0.160. The highest BCUT2D eigenvalue weighted by Crippen LogP contribution is 1.84. The zero-order chi connectivity index (χ0) is 6.41. The van der Waals surface area contributed by atoms with E-state index in [-0.39, 0.29) is 6.10 Å². The van der Waals surface area contributed by atoms with Crippen molar-refractivity contribution in [2.24, 2.45) is 5.73 Å². The van der Waals surface area contributed by atoms with Crippen LogP contribution in [0.2, 0.25) is 0 Å². The smallest absolute Gasteiger partial charge is 0.0673 e. The Morgan fingerprint density at radius 2 is 2.50 bits per heavy atom. The van der Waals surface area contributed by atoms with Gasteiger partial charge in [-0.3, -0.25) is 0 Å². The standard InChI is InChI=1S/C6H13NO/c1-3-4-8-6(2)5-7/h3,6H,1,4-5,7H2,2H3/t6-/m1/s1. The third kappa shape index (κ3) is 3.84. The predicted octanol–water partition coefficient (Wildman–Crippen LogP) is 0.536. The van der Waals surface area contributed by atoms with E-state index in [9.17, 15) is 0 Å². The normalized spacial score (nSPS) is 13.2. The molecule has 0 aromatic carbocycles. The number of rotatable bonds is 4. The fraction of sp³-hybridized carbons (Fsp3) is 0.667. The maximum absolute atomic E-state index is 5.25. The molecule has 2 heteroatoms. The van der Waals surface area contributed by atoms with Crippen LogP contribution in [0.5, 0.6) is 0 Å². The zero-order valence-corrected chi connectivity index (χ0v) is 5.26. The van der Waals surface area contributed by atoms with Crippen LogP contribution < -0.4 is 5.73 Å². The first-order chi connectivity index (χ1) is 3.81. The Morgan fingerprint density at radius 3 is 2.88 bits per heavy atom. The second kappa shape index (κ2) is 4.81. The van der Waals surface area contributed by atoms with Crippen molar-refractivity contribution in [2.75, 3.05) is 13.2 Å². The van der Waals surface area contributed by atoms with Gasteiger partial charge in [0.15, 0.2) is 0 Å². The van der Waals surface area contributed by atoms with Crippen molar-refractivity contribution < 1.29 is 4.74 Å². The maximum Gasteiger partial charge on any atom is 0.0673 e. The molecule has 0 bridgehead atoms. The third-order valence-corrected chi connectivity index (χ3v) is 0.831. The minimum atomic E-state index is 0.160. The molecule has 0 amide bonds. The second-order valence-corrected chi connectivity index (χ2v) is 1.67. The van der Waals surface area contributed by atoms with Gasteiger partial charge in [-0.2, -0.15) is 0 Å². The van der Waals surface area contributed by atoms with Crippen molar-refractivity contribution in [3.05, 3.63) is 12.7 Å². The van der Waals surface area contributed by atoms with Gasteiger partial charge in [0.1, 0.15) is 0 Å². The molecule has 1 atom stereocenters. The molecule has 2 N–H and O–H groups in total. The quantitative estimate of drug-likeness (QED) is 0.542. The fourth-order valence-electron chi connectivity index (χ4n) is 0.300. The van der Waals surface area contributed by atoms with Gasteiger partial charge in [0.25, 0.3) is 0 Å². The maximum atomic E-state index is 5.25. The van der Waals surface area contributed by atoms with Gasteiger partial charge in [0, 0.05) is 6.54 Å². The summed E-state index contributed by atoms with van der Waals surface area (Å²) >= 11 is 0. The predicted molar refractivity (Wildman–Crippen MR) is 34.7 cm³/mol. The van der Waals surface area contributed by atoms with Crippen molar-refractivity contribution in [3.8, 4) is 0 Å². The molecule has 0 aliphatic rings. The lowest BCUT2D eigenvalue weighted by atomic mass is 10.4. The lowest BCUT2D eigenvalue weighted by Gasteiger charge is -2.06. The molecule has 0 saturated carbocycles. The minimum Gasteiger partial charge on any atom is -0.373 e. The molecule has 0 saturated heterocycles. The summed E-state index contributed by atoms with van der Waals surface area (Å²) in [7, 11) is 0. The molecule has 0 aliphatic heterocycles. The molecule has 0 rings (SSSR count). The zero-order valence-electron chi connectivity index (χ0n) is 5.26. The van der Waals surface area contributed by atoms with Crippen LogP contribution in [0, 0.1) is 0 Å². The van der Waals surface area contributed by atoms with Gasteiger partial charge in [-0.25, -0.2) is 0 Å². The van der Waals surface area contributed by atoms with E-state index in [0.717, 1.165) is 0 Å². The van der Waals surface area contributed by atoms with Gasteiger partial charge >= 0.3 is 0 Å². The molecule has 2 nitrogen and oxygen atoms in total. The fourth-order valence-corrected chi connectivity index (χ4v) is 0.300. The Labute approximate surface area is 50.3 Å². The van der Waals surface area contributed by atoms with E-state index in [1.165, 1.54) is 0 Å². The largest absolute Gasteiger partial charge is 0.373 e.